The lowest BCUT2D eigenvalue weighted by Gasteiger charge is -2.18. The van der Waals surface area contributed by atoms with Crippen molar-refractivity contribution in [3.8, 4) is 137 Å². The Hall–Kier alpha value is -21.7. The monoisotopic (exact) mass is 1880 g/mol. The Labute approximate surface area is 849 Å². The number of para-hydroxylation sites is 11. The first-order valence-electron chi connectivity index (χ1n) is 48.4. The molecule has 682 valence electrons. The van der Waals surface area contributed by atoms with Crippen molar-refractivity contribution >= 4 is 142 Å². The number of aromatic nitrogens is 6. The minimum Gasteiger partial charge on any atom is -0.310 e. The van der Waals surface area contributed by atoms with Crippen LogP contribution in [0, 0.1) is 81.1 Å². The highest BCUT2D eigenvalue weighted by Crippen LogP contribution is 2.49. The molecule has 0 aliphatic carbocycles. The van der Waals surface area contributed by atoms with Crippen molar-refractivity contribution in [1.82, 2.24) is 27.4 Å². The van der Waals surface area contributed by atoms with Crippen molar-refractivity contribution in [2.75, 3.05) is 0 Å². The van der Waals surface area contributed by atoms with E-state index in [1.165, 1.54) is 43.4 Å². The van der Waals surface area contributed by atoms with E-state index in [4.69, 9.17) is 13.1 Å². The number of nitriles is 6. The van der Waals surface area contributed by atoms with Gasteiger partial charge in [-0.15, -0.1) is 0 Å². The summed E-state index contributed by atoms with van der Waals surface area (Å²) in [6.45, 7) is 15.3. The summed E-state index contributed by atoms with van der Waals surface area (Å²) in [4.78, 5) is 7.42. The number of hydrogen-bond acceptors (Lipinski definition) is 6. The van der Waals surface area contributed by atoms with E-state index in [1.807, 2.05) is 170 Å². The molecule has 6 heterocycles. The van der Waals surface area contributed by atoms with Crippen molar-refractivity contribution in [3.05, 3.63) is 517 Å². The van der Waals surface area contributed by atoms with Crippen LogP contribution in [-0.2, 0) is 0 Å². The van der Waals surface area contributed by atoms with Crippen LogP contribution < -0.4 is 0 Å². The first kappa shape index (κ1) is 87.8. The van der Waals surface area contributed by atoms with Gasteiger partial charge in [-0.05, 0) is 250 Å². The van der Waals surface area contributed by atoms with Crippen LogP contribution >= 0.6 is 0 Å². The van der Waals surface area contributed by atoms with E-state index in [2.05, 4.69) is 365 Å². The molecule has 0 atom stereocenters. The summed E-state index contributed by atoms with van der Waals surface area (Å²) in [6, 6.07) is 170. The first-order valence-corrected chi connectivity index (χ1v) is 48.4. The molecule has 0 N–H and O–H groups in total. The minimum atomic E-state index is 0.537. The van der Waals surface area contributed by atoms with Gasteiger partial charge < -0.3 is 27.4 Å². The van der Waals surface area contributed by atoms with Gasteiger partial charge in [-0.3, -0.25) is 0 Å². The maximum Gasteiger partial charge on any atom is 0.189 e. The van der Waals surface area contributed by atoms with Crippen LogP contribution in [0.3, 0.4) is 0 Å². The second-order valence-electron chi connectivity index (χ2n) is 36.6. The highest BCUT2D eigenvalue weighted by molar-refractivity contribution is 6.17. The predicted molar refractivity (Wildman–Crippen MR) is 599 cm³/mol. The molecule has 148 heavy (non-hydrogen) atoms. The van der Waals surface area contributed by atoms with Crippen LogP contribution in [0.4, 0.5) is 11.4 Å². The van der Waals surface area contributed by atoms with Gasteiger partial charge in [-0.1, -0.05) is 267 Å². The van der Waals surface area contributed by atoms with Crippen LogP contribution in [0.5, 0.6) is 0 Å². The topological polar surface area (TPSA) is 181 Å². The molecule has 0 aliphatic rings. The molecule has 0 aliphatic heterocycles. The summed E-state index contributed by atoms with van der Waals surface area (Å²) < 4.78 is 13.5. The summed E-state index contributed by atoms with van der Waals surface area (Å²) in [5.74, 6) is 0. The van der Waals surface area contributed by atoms with Gasteiger partial charge in [0, 0.05) is 98.5 Å². The van der Waals surface area contributed by atoms with Crippen molar-refractivity contribution in [2.45, 2.75) is 0 Å². The number of nitrogens with zero attached hydrogens (tertiary/aromatic N) is 14. The van der Waals surface area contributed by atoms with Crippen molar-refractivity contribution < 1.29 is 0 Å². The highest BCUT2D eigenvalue weighted by Gasteiger charge is 2.27. The van der Waals surface area contributed by atoms with Crippen molar-refractivity contribution in [3.63, 3.8) is 0 Å². The second-order valence-corrected chi connectivity index (χ2v) is 36.6. The maximum absolute atomic E-state index is 10.2. The van der Waals surface area contributed by atoms with E-state index < -0.39 is 0 Å². The number of fused-ring (bicyclic) bond motifs is 18. The van der Waals surface area contributed by atoms with Crippen LogP contribution in [0.1, 0.15) is 33.4 Å². The standard InChI is InChI=1S/2C45H25N5.C44H26N4/c1-48-32-18-22-38-40-25-30(28-47)15-23-44(40)50(45(38)26-32)43-13-7-4-10-37(43)39-24-29(27-46)14-21-34(39)31-16-19-33(20-17-31)49-41-11-5-2-8-35(41)36-9-3-6-12-42(36)49;46-26-29-16-22-34(31-18-20-33(21-19-31)49-41-13-4-1-9-35(41)36-10-2-5-14-42(36)49)39(24-29)37-11-3-6-15-43(37)50-44-23-17-30(27-47)25-40(44)38-12-7-8-32(28-48)45(38)50;1-46-31-21-25-44-39(27-31)37-13-5-9-17-43(37)48(44)42-16-8-4-12-36(42)38-26-29(28-45)18-24-33(38)30-19-22-32(23-20-30)47-40-14-6-2-10-34(40)35-11-3-7-15-41(35)47/h2-26H;1-25H;2-27H. The summed E-state index contributed by atoms with van der Waals surface area (Å²) in [5.41, 5.74) is 35.0. The van der Waals surface area contributed by atoms with Gasteiger partial charge in [0.2, 0.25) is 0 Å². The maximum atomic E-state index is 10.2. The van der Waals surface area contributed by atoms with Crippen LogP contribution in [0.2, 0.25) is 0 Å². The molecule has 21 aromatic carbocycles. The normalized spacial score (nSPS) is 11.2. The highest BCUT2D eigenvalue weighted by atomic mass is 15.0. The number of rotatable bonds is 12. The average molecular weight is 1880 g/mol. The summed E-state index contributed by atoms with van der Waals surface area (Å²) in [6.07, 6.45) is 0. The fourth-order valence-electron chi connectivity index (χ4n) is 22.1. The lowest BCUT2D eigenvalue weighted by atomic mass is 9.91. The molecular weight excluding hydrogens is 1810 g/mol. The molecule has 6 aromatic heterocycles. The van der Waals surface area contributed by atoms with E-state index in [0.29, 0.717) is 44.8 Å². The van der Waals surface area contributed by atoms with Gasteiger partial charge in [0.25, 0.3) is 0 Å². The molecule has 0 bridgehead atoms. The Morgan fingerprint density at radius 2 is 0.432 bits per heavy atom. The van der Waals surface area contributed by atoms with Gasteiger partial charge in [0.1, 0.15) is 6.07 Å². The van der Waals surface area contributed by atoms with Crippen LogP contribution in [0.15, 0.2) is 461 Å². The van der Waals surface area contributed by atoms with Crippen molar-refractivity contribution in [1.29, 1.82) is 31.6 Å². The van der Waals surface area contributed by atoms with E-state index in [-0.39, 0.29) is 0 Å². The molecule has 0 unspecified atom stereocenters. The Balaban J connectivity index is 0.000000115. The smallest absolute Gasteiger partial charge is 0.189 e. The molecule has 14 heteroatoms. The van der Waals surface area contributed by atoms with Crippen LogP contribution in [-0.4, -0.2) is 27.4 Å². The molecule has 0 amide bonds. The predicted octanol–water partition coefficient (Wildman–Crippen LogP) is 34.0. The van der Waals surface area contributed by atoms with E-state index in [9.17, 15) is 31.6 Å². The molecule has 0 spiro atoms. The van der Waals surface area contributed by atoms with E-state index >= 15 is 0 Å². The Morgan fingerprint density at radius 3 is 0.797 bits per heavy atom. The molecule has 0 saturated carbocycles. The zero-order valence-electron chi connectivity index (χ0n) is 79.1. The quantitative estimate of drug-likeness (QED) is 0.110. The van der Waals surface area contributed by atoms with Gasteiger partial charge >= 0.3 is 0 Å². The largest absolute Gasteiger partial charge is 0.310 e. The molecule has 27 rings (SSSR count). The SMILES string of the molecule is N#Cc1ccc(-c2ccc(-n3c4ccccc4c4ccccc43)cc2)c(-c2ccccc2-n2c3ccc(C#N)cc3c3cccc(C#N)c32)c1.[C-]#[N+]c1ccc2c(c1)c1ccccc1n2-c1ccccc1-c1cc(C#N)ccc1-c1ccc(-n2c3ccccc3c3ccccc32)cc1.[C-]#[N+]c1ccc2c3cc(C#N)ccc3n(-c3ccccc3-c3cc(C#N)ccc3-c3ccc(-n4c5ccccc5c5ccccc54)cc3)c2c1. The molecule has 0 radical (unpaired) electrons. The third kappa shape index (κ3) is 14.6. The van der Waals surface area contributed by atoms with Crippen molar-refractivity contribution in [2.24, 2.45) is 0 Å². The Kier molecular flexibility index (Phi) is 21.7. The Bertz CT molecular complexity index is 10500. The van der Waals surface area contributed by atoms with Gasteiger partial charge in [0.15, 0.2) is 11.4 Å². The summed E-state index contributed by atoms with van der Waals surface area (Å²) in [5, 5.41) is 72.8. The molecule has 27 aromatic rings. The fourth-order valence-corrected chi connectivity index (χ4v) is 22.1. The van der Waals surface area contributed by atoms with E-state index in [1.54, 1.807) is 0 Å². The summed E-state index contributed by atoms with van der Waals surface area (Å²) in [7, 11) is 0. The lowest BCUT2D eigenvalue weighted by molar-refractivity contribution is 1.18. The molecule has 0 fully saturated rings. The third-order valence-electron chi connectivity index (χ3n) is 28.6. The molecule has 14 nitrogen and oxygen atoms in total. The first-order chi connectivity index (χ1) is 73.1. The minimum absolute atomic E-state index is 0.537. The van der Waals surface area contributed by atoms with Gasteiger partial charge in [0.05, 0.1) is 155 Å². The second kappa shape index (κ2) is 36.5. The Morgan fingerprint density at radius 1 is 0.169 bits per heavy atom. The van der Waals surface area contributed by atoms with Gasteiger partial charge in [-0.25, -0.2) is 9.69 Å². The zero-order chi connectivity index (χ0) is 99.7. The summed E-state index contributed by atoms with van der Waals surface area (Å²) >= 11 is 0. The number of benzene rings is 21. The molecular formula is C134H76N14. The average Bonchev–Trinajstić information content (AvgIpc) is 1.57. The van der Waals surface area contributed by atoms with E-state index in [0.717, 1.165) is 188 Å². The number of hydrogen-bond donors (Lipinski definition) is 0. The van der Waals surface area contributed by atoms with Gasteiger partial charge in [-0.2, -0.15) is 31.6 Å². The third-order valence-corrected chi connectivity index (χ3v) is 28.6. The van der Waals surface area contributed by atoms with Crippen LogP contribution in [0.25, 0.3) is 241 Å². The molecule has 0 saturated heterocycles. The lowest BCUT2D eigenvalue weighted by Crippen LogP contribution is -2.00. The zero-order valence-corrected chi connectivity index (χ0v) is 79.1. The fraction of sp³-hybridized carbons (Fsp3) is 0.